The summed E-state index contributed by atoms with van der Waals surface area (Å²) in [7, 11) is -0.563. The van der Waals surface area contributed by atoms with E-state index in [1.165, 1.54) is 38.1 Å². The minimum atomic E-state index is -3.51. The molecule has 0 spiro atoms. The highest BCUT2D eigenvalue weighted by Gasteiger charge is 2.21. The molecule has 1 atom stereocenters. The fourth-order valence-electron chi connectivity index (χ4n) is 2.53. The van der Waals surface area contributed by atoms with Crippen molar-refractivity contribution in [3.63, 3.8) is 0 Å². The van der Waals surface area contributed by atoms with E-state index in [9.17, 15) is 13.2 Å². The van der Waals surface area contributed by atoms with Gasteiger partial charge in [-0.25, -0.2) is 17.7 Å². The van der Waals surface area contributed by atoms with Crippen molar-refractivity contribution < 1.29 is 13.2 Å². The molecule has 2 heterocycles. The topological polar surface area (TPSA) is 83.1 Å². The first kappa shape index (κ1) is 18.6. The smallest absolute Gasteiger partial charge is 0.244 e. The number of H-pyrrole nitrogens is 1. The van der Waals surface area contributed by atoms with Crippen molar-refractivity contribution in [2.24, 2.45) is 0 Å². The van der Waals surface area contributed by atoms with Crippen LogP contribution in [0.3, 0.4) is 0 Å². The number of carbonyl (C=O) groups excluding carboxylic acids is 1. The van der Waals surface area contributed by atoms with Crippen LogP contribution in [0.4, 0.5) is 0 Å². The third kappa shape index (κ3) is 3.53. The lowest BCUT2D eigenvalue weighted by Gasteiger charge is -2.12. The Bertz CT molecular complexity index is 1040. The highest BCUT2D eigenvalue weighted by Crippen LogP contribution is 2.27. The van der Waals surface area contributed by atoms with E-state index in [0.29, 0.717) is 10.6 Å². The number of fused-ring (bicyclic) bond motifs is 1. The van der Waals surface area contributed by atoms with Gasteiger partial charge in [-0.05, 0) is 25.1 Å². The molecule has 0 aliphatic rings. The average Bonchev–Trinajstić information content (AvgIpc) is 3.05. The summed E-state index contributed by atoms with van der Waals surface area (Å²) in [6.45, 7) is 1.82. The Morgan fingerprint density at radius 1 is 1.19 bits per heavy atom. The summed E-state index contributed by atoms with van der Waals surface area (Å²) in [6, 6.07) is 10.8. The van der Waals surface area contributed by atoms with E-state index >= 15 is 0 Å². The maximum atomic E-state index is 12.8. The Balaban J connectivity index is 1.77. The Kier molecular flexibility index (Phi) is 5.17. The molecule has 6 nitrogen and oxygen atoms in total. The maximum absolute atomic E-state index is 12.8. The predicted octanol–water partition coefficient (Wildman–Crippen LogP) is 3.18. The summed E-state index contributed by atoms with van der Waals surface area (Å²) >= 11 is 1.30. The van der Waals surface area contributed by atoms with Crippen molar-refractivity contribution in [1.82, 2.24) is 14.3 Å². The Morgan fingerprint density at radius 3 is 2.58 bits per heavy atom. The van der Waals surface area contributed by atoms with Crippen LogP contribution in [0, 0.1) is 0 Å². The van der Waals surface area contributed by atoms with Crippen molar-refractivity contribution in [3.8, 4) is 0 Å². The molecule has 0 unspecified atom stereocenters. The first-order chi connectivity index (χ1) is 12.3. The molecular weight excluding hydrogens is 370 g/mol. The van der Waals surface area contributed by atoms with Crippen LogP contribution in [-0.4, -0.2) is 47.8 Å². The number of aromatic amines is 1. The van der Waals surface area contributed by atoms with Gasteiger partial charge in [0.1, 0.15) is 4.90 Å². The molecule has 0 bridgehead atoms. The molecule has 1 aromatic carbocycles. The molecule has 0 aliphatic heterocycles. The summed E-state index contributed by atoms with van der Waals surface area (Å²) in [4.78, 5) is 20.2. The lowest BCUT2D eigenvalue weighted by Crippen LogP contribution is -2.22. The van der Waals surface area contributed by atoms with Gasteiger partial charge >= 0.3 is 0 Å². The zero-order valence-electron chi connectivity index (χ0n) is 14.6. The van der Waals surface area contributed by atoms with Crippen LogP contribution in [0.15, 0.2) is 58.7 Å². The van der Waals surface area contributed by atoms with Crippen molar-refractivity contribution in [3.05, 3.63) is 54.4 Å². The number of para-hydroxylation sites is 1. The number of hydrogen-bond acceptors (Lipinski definition) is 5. The van der Waals surface area contributed by atoms with Crippen LogP contribution in [0.1, 0.15) is 17.3 Å². The van der Waals surface area contributed by atoms with Gasteiger partial charge in [0.25, 0.3) is 0 Å². The van der Waals surface area contributed by atoms with Crippen LogP contribution in [0.2, 0.25) is 0 Å². The Labute approximate surface area is 156 Å². The Hall–Kier alpha value is -2.16. The van der Waals surface area contributed by atoms with Crippen LogP contribution < -0.4 is 0 Å². The van der Waals surface area contributed by atoms with E-state index in [1.807, 2.05) is 31.2 Å². The van der Waals surface area contributed by atoms with Gasteiger partial charge in [-0.3, -0.25) is 4.79 Å². The predicted molar refractivity (Wildman–Crippen MR) is 103 cm³/mol. The summed E-state index contributed by atoms with van der Waals surface area (Å²) in [5, 5.41) is 1.15. The van der Waals surface area contributed by atoms with Crippen LogP contribution in [0.5, 0.6) is 0 Å². The van der Waals surface area contributed by atoms with Gasteiger partial charge in [-0.2, -0.15) is 0 Å². The Morgan fingerprint density at radius 2 is 1.92 bits per heavy atom. The largest absolute Gasteiger partial charge is 0.360 e. The molecule has 0 radical (unpaired) electrons. The van der Waals surface area contributed by atoms with Gasteiger partial charge in [0.2, 0.25) is 10.0 Å². The molecule has 3 rings (SSSR count). The number of benzene rings is 1. The van der Waals surface area contributed by atoms with E-state index in [4.69, 9.17) is 0 Å². The first-order valence-corrected chi connectivity index (χ1v) is 10.3. The second-order valence-corrected chi connectivity index (χ2v) is 9.50. The standard InChI is InChI=1S/C18H19N3O3S2/c1-12(18(22)15-11-19-16-7-5-4-6-14(15)16)25-17-9-8-13(10-20-17)26(23,24)21(2)3/h4-12,19H,1-3H3/t12-/m0/s1. The number of hydrogen-bond donors (Lipinski definition) is 1. The van der Waals surface area contributed by atoms with E-state index in [2.05, 4.69) is 9.97 Å². The highest BCUT2D eigenvalue weighted by molar-refractivity contribution is 8.00. The van der Waals surface area contributed by atoms with E-state index < -0.39 is 10.0 Å². The first-order valence-electron chi connectivity index (χ1n) is 7.96. The number of thioether (sulfide) groups is 1. The fraction of sp³-hybridized carbons (Fsp3) is 0.222. The number of carbonyl (C=O) groups is 1. The zero-order chi connectivity index (χ0) is 18.9. The average molecular weight is 390 g/mol. The van der Waals surface area contributed by atoms with Gasteiger partial charge in [-0.1, -0.05) is 30.0 Å². The molecule has 2 aromatic heterocycles. The number of pyridine rings is 1. The van der Waals surface area contributed by atoms with Gasteiger partial charge in [0.05, 0.1) is 10.3 Å². The fourth-order valence-corrected chi connectivity index (χ4v) is 4.23. The number of nitrogens with zero attached hydrogens (tertiary/aromatic N) is 2. The third-order valence-corrected chi connectivity index (χ3v) is 6.86. The molecule has 0 amide bonds. The number of aromatic nitrogens is 2. The van der Waals surface area contributed by atoms with Crippen molar-refractivity contribution in [2.75, 3.05) is 14.1 Å². The van der Waals surface area contributed by atoms with Gasteiger partial charge in [-0.15, -0.1) is 0 Å². The monoisotopic (exact) mass is 389 g/mol. The molecule has 8 heteroatoms. The van der Waals surface area contributed by atoms with Crippen molar-refractivity contribution in [1.29, 1.82) is 0 Å². The number of Topliss-reactive ketones (excluding diaryl/α,β-unsaturated/α-hetero) is 1. The molecule has 1 N–H and O–H groups in total. The number of ketones is 1. The SMILES string of the molecule is C[C@H](Sc1ccc(S(=O)(=O)N(C)C)cn1)C(=O)c1c[nH]c2ccccc12. The van der Waals surface area contributed by atoms with Crippen LogP contribution >= 0.6 is 11.8 Å². The molecule has 3 aromatic rings. The lowest BCUT2D eigenvalue weighted by atomic mass is 10.1. The summed E-state index contributed by atoms with van der Waals surface area (Å²) in [5.41, 5.74) is 1.57. The minimum Gasteiger partial charge on any atom is -0.360 e. The van der Waals surface area contributed by atoms with E-state index in [-0.39, 0.29) is 15.9 Å². The molecule has 0 fully saturated rings. The van der Waals surface area contributed by atoms with Crippen LogP contribution in [-0.2, 0) is 10.0 Å². The number of nitrogens with one attached hydrogen (secondary N) is 1. The molecular formula is C18H19N3O3S2. The number of sulfonamides is 1. The maximum Gasteiger partial charge on any atom is 0.244 e. The molecule has 0 aliphatic carbocycles. The summed E-state index contributed by atoms with van der Waals surface area (Å²) < 4.78 is 25.3. The van der Waals surface area contributed by atoms with Crippen molar-refractivity contribution in [2.45, 2.75) is 22.1 Å². The number of rotatable bonds is 6. The minimum absolute atomic E-state index is 0.000704. The second-order valence-electron chi connectivity index (χ2n) is 5.99. The van der Waals surface area contributed by atoms with Crippen LogP contribution in [0.25, 0.3) is 10.9 Å². The lowest BCUT2D eigenvalue weighted by molar-refractivity contribution is 0.0995. The van der Waals surface area contributed by atoms with Gasteiger partial charge in [0, 0.05) is 43.0 Å². The molecule has 0 saturated heterocycles. The second kappa shape index (κ2) is 7.22. The summed E-state index contributed by atoms with van der Waals surface area (Å²) in [5.74, 6) is -0.000704. The van der Waals surface area contributed by atoms with E-state index in [1.54, 1.807) is 12.3 Å². The molecule has 136 valence electrons. The van der Waals surface area contributed by atoms with Gasteiger partial charge in [0.15, 0.2) is 5.78 Å². The third-order valence-electron chi connectivity index (χ3n) is 4.01. The normalized spacial score (nSPS) is 13.2. The summed E-state index contributed by atoms with van der Waals surface area (Å²) in [6.07, 6.45) is 3.05. The quantitative estimate of drug-likeness (QED) is 0.517. The van der Waals surface area contributed by atoms with Gasteiger partial charge < -0.3 is 4.98 Å². The van der Waals surface area contributed by atoms with E-state index in [0.717, 1.165) is 15.2 Å². The molecule has 26 heavy (non-hydrogen) atoms. The van der Waals surface area contributed by atoms with Crippen molar-refractivity contribution >= 4 is 38.5 Å². The zero-order valence-corrected chi connectivity index (χ0v) is 16.3. The molecule has 0 saturated carbocycles. The highest BCUT2D eigenvalue weighted by atomic mass is 32.2.